The average molecular weight is 386 g/mol. The zero-order valence-electron chi connectivity index (χ0n) is 16.2. The monoisotopic (exact) mass is 386 g/mol. The number of nitrogens with zero attached hydrogens (tertiary/aromatic N) is 3. The molecule has 0 saturated carbocycles. The third-order valence-corrected chi connectivity index (χ3v) is 5.96. The van der Waals surface area contributed by atoms with Crippen molar-refractivity contribution in [3.05, 3.63) is 28.1 Å². The van der Waals surface area contributed by atoms with E-state index < -0.39 is 5.82 Å². The number of aromatic nitrogens is 2. The van der Waals surface area contributed by atoms with Gasteiger partial charge >= 0.3 is 0 Å². The first-order valence-corrected chi connectivity index (χ1v) is 9.61. The molecule has 1 fully saturated rings. The number of ether oxygens (including phenoxy) is 1. The highest BCUT2D eigenvalue weighted by atomic mass is 19.1. The second kappa shape index (κ2) is 5.70. The van der Waals surface area contributed by atoms with Crippen molar-refractivity contribution < 1.29 is 13.5 Å². The number of oxazole rings is 1. The number of rotatable bonds is 1. The molecule has 5 rings (SSSR count). The van der Waals surface area contributed by atoms with Gasteiger partial charge in [-0.25, -0.2) is 9.37 Å². The van der Waals surface area contributed by atoms with Gasteiger partial charge in [-0.2, -0.15) is 0 Å². The van der Waals surface area contributed by atoms with E-state index in [9.17, 15) is 4.79 Å². The van der Waals surface area contributed by atoms with Gasteiger partial charge in [-0.1, -0.05) is 0 Å². The van der Waals surface area contributed by atoms with E-state index in [-0.39, 0.29) is 22.7 Å². The highest BCUT2D eigenvalue weighted by molar-refractivity contribution is 6.05. The highest BCUT2D eigenvalue weighted by Crippen LogP contribution is 2.44. The van der Waals surface area contributed by atoms with Crippen molar-refractivity contribution in [1.29, 1.82) is 0 Å². The molecule has 3 aromatic rings. The van der Waals surface area contributed by atoms with Gasteiger partial charge in [0.05, 0.1) is 11.4 Å². The van der Waals surface area contributed by atoms with Crippen molar-refractivity contribution in [2.24, 2.45) is 5.73 Å². The molecular weight excluding hydrogens is 363 g/mol. The van der Waals surface area contributed by atoms with Gasteiger partial charge in [0.1, 0.15) is 17.8 Å². The van der Waals surface area contributed by atoms with Crippen LogP contribution in [0.3, 0.4) is 0 Å². The Hall–Kier alpha value is -2.61. The molecule has 0 spiro atoms. The van der Waals surface area contributed by atoms with E-state index in [2.05, 4.69) is 4.98 Å². The molecule has 28 heavy (non-hydrogen) atoms. The molecule has 1 saturated heterocycles. The van der Waals surface area contributed by atoms with Gasteiger partial charge in [0, 0.05) is 25.6 Å². The Kier molecular flexibility index (Phi) is 3.56. The van der Waals surface area contributed by atoms with Crippen molar-refractivity contribution >= 4 is 27.7 Å². The van der Waals surface area contributed by atoms with E-state index in [0.717, 1.165) is 12.8 Å². The Labute approximate surface area is 160 Å². The van der Waals surface area contributed by atoms with E-state index in [0.29, 0.717) is 53.5 Å². The number of halogens is 1. The maximum atomic E-state index is 15.3. The summed E-state index contributed by atoms with van der Waals surface area (Å²) in [6, 6.07) is 1.25. The molecule has 0 unspecified atom stereocenters. The third-order valence-electron chi connectivity index (χ3n) is 5.96. The molecular formula is C20H23FN4O3. The molecule has 1 aromatic carbocycles. The van der Waals surface area contributed by atoms with E-state index in [1.54, 1.807) is 11.5 Å². The van der Waals surface area contributed by atoms with Gasteiger partial charge in [0.2, 0.25) is 0 Å². The summed E-state index contributed by atoms with van der Waals surface area (Å²) < 4.78 is 28.7. The van der Waals surface area contributed by atoms with E-state index in [1.165, 1.54) is 6.07 Å². The Balaban J connectivity index is 1.83. The summed E-state index contributed by atoms with van der Waals surface area (Å²) in [6.45, 7) is 7.17. The van der Waals surface area contributed by atoms with Crippen LogP contribution in [0.15, 0.2) is 15.3 Å². The summed E-state index contributed by atoms with van der Waals surface area (Å²) in [7, 11) is 0. The van der Waals surface area contributed by atoms with Crippen LogP contribution in [0.2, 0.25) is 0 Å². The minimum Gasteiger partial charge on any atom is -0.487 e. The predicted octanol–water partition coefficient (Wildman–Crippen LogP) is 2.86. The highest BCUT2D eigenvalue weighted by Gasteiger charge is 2.34. The molecule has 2 aliphatic heterocycles. The van der Waals surface area contributed by atoms with Gasteiger partial charge in [0.25, 0.3) is 5.56 Å². The van der Waals surface area contributed by atoms with Gasteiger partial charge in [0.15, 0.2) is 28.6 Å². The van der Waals surface area contributed by atoms with Gasteiger partial charge in [-0.3, -0.25) is 9.36 Å². The smallest absolute Gasteiger partial charge is 0.281 e. The summed E-state index contributed by atoms with van der Waals surface area (Å²) in [5, 5.41) is 0.513. The normalized spacial score (nSPS) is 21.3. The number of fused-ring (bicyclic) bond motifs is 2. The van der Waals surface area contributed by atoms with Crippen LogP contribution in [0, 0.1) is 12.7 Å². The molecule has 0 radical (unpaired) electrons. The SMILES string of the molecule is Cc1nc2c(=O)n3c4c(c(N5CCC(C)(N)CC5)c(F)cc4c2o1)OC[C@@H]3C. The zero-order valence-corrected chi connectivity index (χ0v) is 16.2. The molecule has 2 N–H and O–H groups in total. The molecule has 0 bridgehead atoms. The third kappa shape index (κ3) is 2.37. The summed E-state index contributed by atoms with van der Waals surface area (Å²) in [5.41, 5.74) is 7.27. The van der Waals surface area contributed by atoms with Crippen LogP contribution in [0.5, 0.6) is 5.75 Å². The van der Waals surface area contributed by atoms with Crippen LogP contribution in [0.4, 0.5) is 10.1 Å². The first kappa shape index (κ1) is 17.5. The summed E-state index contributed by atoms with van der Waals surface area (Å²) in [5.74, 6) is 0.392. The lowest BCUT2D eigenvalue weighted by molar-refractivity contribution is 0.243. The lowest BCUT2D eigenvalue weighted by atomic mass is 9.90. The first-order chi connectivity index (χ1) is 13.3. The number of pyridine rings is 1. The second-order valence-electron chi connectivity index (χ2n) is 8.32. The number of hydrogen-bond acceptors (Lipinski definition) is 6. The maximum Gasteiger partial charge on any atom is 0.281 e. The minimum absolute atomic E-state index is 0.184. The molecule has 1 atom stereocenters. The van der Waals surface area contributed by atoms with Crippen LogP contribution >= 0.6 is 0 Å². The molecule has 4 heterocycles. The van der Waals surface area contributed by atoms with Crippen molar-refractivity contribution in [3.63, 3.8) is 0 Å². The number of piperidine rings is 1. The van der Waals surface area contributed by atoms with E-state index >= 15 is 4.39 Å². The van der Waals surface area contributed by atoms with Crippen LogP contribution in [0.25, 0.3) is 22.0 Å². The van der Waals surface area contributed by atoms with Crippen LogP contribution in [-0.2, 0) is 0 Å². The predicted molar refractivity (Wildman–Crippen MR) is 105 cm³/mol. The van der Waals surface area contributed by atoms with Crippen LogP contribution in [-0.4, -0.2) is 34.8 Å². The van der Waals surface area contributed by atoms with Gasteiger partial charge in [-0.15, -0.1) is 0 Å². The van der Waals surface area contributed by atoms with E-state index in [1.807, 2.05) is 18.7 Å². The molecule has 0 aliphatic carbocycles. The fourth-order valence-corrected chi connectivity index (χ4v) is 4.36. The lowest BCUT2D eigenvalue weighted by Crippen LogP contribution is -2.48. The summed E-state index contributed by atoms with van der Waals surface area (Å²) in [4.78, 5) is 19.3. The largest absolute Gasteiger partial charge is 0.487 e. The Morgan fingerprint density at radius 1 is 1.36 bits per heavy atom. The number of hydrogen-bond donors (Lipinski definition) is 1. The maximum absolute atomic E-state index is 15.3. The molecule has 7 nitrogen and oxygen atoms in total. The van der Waals surface area contributed by atoms with Gasteiger partial charge < -0.3 is 19.8 Å². The Morgan fingerprint density at radius 2 is 2.07 bits per heavy atom. The van der Waals surface area contributed by atoms with Crippen molar-refractivity contribution in [2.75, 3.05) is 24.6 Å². The van der Waals surface area contributed by atoms with Crippen molar-refractivity contribution in [1.82, 2.24) is 9.55 Å². The number of aryl methyl sites for hydroxylation is 1. The van der Waals surface area contributed by atoms with Crippen LogP contribution < -0.4 is 20.9 Å². The fourth-order valence-electron chi connectivity index (χ4n) is 4.36. The topological polar surface area (TPSA) is 86.5 Å². The Morgan fingerprint density at radius 3 is 2.79 bits per heavy atom. The first-order valence-electron chi connectivity index (χ1n) is 9.61. The van der Waals surface area contributed by atoms with Crippen molar-refractivity contribution in [2.45, 2.75) is 45.2 Å². The molecule has 148 valence electrons. The second-order valence-corrected chi connectivity index (χ2v) is 8.32. The minimum atomic E-state index is -0.391. The molecule has 0 amide bonds. The summed E-state index contributed by atoms with van der Waals surface area (Å²) in [6.07, 6.45) is 1.51. The lowest BCUT2D eigenvalue weighted by Gasteiger charge is -2.39. The van der Waals surface area contributed by atoms with Gasteiger partial charge in [-0.05, 0) is 32.8 Å². The van der Waals surface area contributed by atoms with Crippen LogP contribution in [0.1, 0.15) is 38.6 Å². The molecule has 2 aromatic heterocycles. The molecule has 2 aliphatic rings. The number of anilines is 1. The molecule has 8 heteroatoms. The van der Waals surface area contributed by atoms with Crippen molar-refractivity contribution in [3.8, 4) is 5.75 Å². The standard InChI is InChI=1S/C20H23FN4O3/c1-10-9-27-18-15-12(17-14(19(26)25(10)15)23-11(2)28-17)8-13(21)16(18)24-6-4-20(3,22)5-7-24/h8,10H,4-7,9,22H2,1-3H3/t10-/m0/s1. The zero-order chi connectivity index (χ0) is 19.8. The average Bonchev–Trinajstić information content (AvgIpc) is 3.03. The fraction of sp³-hybridized carbons (Fsp3) is 0.500. The quantitative estimate of drug-likeness (QED) is 0.692. The van der Waals surface area contributed by atoms with E-state index in [4.69, 9.17) is 14.9 Å². The Bertz CT molecular complexity index is 1170. The summed E-state index contributed by atoms with van der Waals surface area (Å²) >= 11 is 0. The number of nitrogens with two attached hydrogens (primary N) is 1. The number of benzene rings is 1.